The molecule has 0 saturated carbocycles. The van der Waals surface area contributed by atoms with Gasteiger partial charge in [-0.3, -0.25) is 5.01 Å². The number of hydrazine groups is 1. The highest BCUT2D eigenvalue weighted by Gasteiger charge is 2.41. The molecule has 31 heavy (non-hydrogen) atoms. The Hall–Kier alpha value is -2.09. The molecular weight excluding hydrogens is 485 g/mol. The van der Waals surface area contributed by atoms with Crippen LogP contribution in [0.3, 0.4) is 0 Å². The summed E-state index contributed by atoms with van der Waals surface area (Å²) in [6.07, 6.45) is 1.47. The van der Waals surface area contributed by atoms with E-state index in [4.69, 9.17) is 51.1 Å². The largest absolute Gasteiger partial charge is 0.472 e. The highest BCUT2D eigenvalue weighted by Crippen LogP contribution is 2.38. The Morgan fingerprint density at radius 3 is 2.52 bits per heavy atom. The lowest BCUT2D eigenvalue weighted by atomic mass is 10.1. The number of nitrogens with zero attached hydrogens (tertiary/aromatic N) is 3. The minimum atomic E-state index is -1.55. The lowest BCUT2D eigenvalue weighted by molar-refractivity contribution is 0.294. The van der Waals surface area contributed by atoms with Crippen LogP contribution in [0, 0.1) is 5.82 Å². The zero-order valence-electron chi connectivity index (χ0n) is 16.0. The number of aromatic nitrogens is 1. The molecule has 0 fully saturated rings. The number of rotatable bonds is 5. The predicted molar refractivity (Wildman–Crippen MR) is 121 cm³/mol. The minimum Gasteiger partial charge on any atom is -0.472 e. The van der Waals surface area contributed by atoms with Crippen molar-refractivity contribution in [3.63, 3.8) is 0 Å². The lowest BCUT2D eigenvalue weighted by Crippen LogP contribution is -2.42. The minimum absolute atomic E-state index is 0.0672. The fraction of sp³-hybridized carbons (Fsp3) is 0.143. The summed E-state index contributed by atoms with van der Waals surface area (Å²) in [7, 11) is 1.74. The van der Waals surface area contributed by atoms with Crippen LogP contribution in [0.2, 0.25) is 15.1 Å². The Morgan fingerprint density at radius 1 is 1.10 bits per heavy atom. The number of hydrogen-bond acceptors (Lipinski definition) is 5. The Balaban J connectivity index is 1.54. The fourth-order valence-electron chi connectivity index (χ4n) is 3.12. The van der Waals surface area contributed by atoms with Gasteiger partial charge in [-0.1, -0.05) is 76.7 Å². The Bertz CT molecular complexity index is 1140. The topological polar surface area (TPSA) is 49.8 Å². The van der Waals surface area contributed by atoms with Crippen molar-refractivity contribution in [1.82, 2.24) is 15.4 Å². The molecule has 0 bridgehead atoms. The van der Waals surface area contributed by atoms with E-state index in [-0.39, 0.29) is 17.2 Å². The van der Waals surface area contributed by atoms with Crippen LogP contribution < -0.4 is 10.2 Å². The van der Waals surface area contributed by atoms with Gasteiger partial charge in [0.25, 0.3) is 0 Å². The maximum atomic E-state index is 14.4. The van der Waals surface area contributed by atoms with Crippen molar-refractivity contribution in [1.29, 1.82) is 0 Å². The summed E-state index contributed by atoms with van der Waals surface area (Å²) in [5, 5.41) is 1.03. The molecule has 0 aliphatic carbocycles. The van der Waals surface area contributed by atoms with Crippen molar-refractivity contribution in [2.75, 3.05) is 7.05 Å². The lowest BCUT2D eigenvalue weighted by Gasteiger charge is -2.23. The second kappa shape index (κ2) is 8.81. The van der Waals surface area contributed by atoms with Crippen LogP contribution >= 0.6 is 46.4 Å². The highest BCUT2D eigenvalue weighted by atomic mass is 35.5. The number of pyridine rings is 1. The van der Waals surface area contributed by atoms with Crippen molar-refractivity contribution < 1.29 is 9.13 Å². The number of aliphatic imine (C=N–C) groups is 1. The van der Waals surface area contributed by atoms with Crippen LogP contribution in [-0.4, -0.2) is 22.9 Å². The van der Waals surface area contributed by atoms with E-state index in [0.717, 1.165) is 11.1 Å². The van der Waals surface area contributed by atoms with Crippen LogP contribution in [0.15, 0.2) is 59.7 Å². The molecule has 0 radical (unpaired) electrons. The molecule has 0 spiro atoms. The number of hydrogen-bond donors (Lipinski definition) is 1. The van der Waals surface area contributed by atoms with Crippen LogP contribution in [-0.2, 0) is 11.7 Å². The van der Waals surface area contributed by atoms with E-state index in [9.17, 15) is 4.39 Å². The van der Waals surface area contributed by atoms with Gasteiger partial charge in [-0.15, -0.1) is 0 Å². The summed E-state index contributed by atoms with van der Waals surface area (Å²) in [5.41, 5.74) is 4.69. The average molecular weight is 500 g/mol. The number of benzene rings is 2. The van der Waals surface area contributed by atoms with Crippen LogP contribution in [0.5, 0.6) is 5.88 Å². The van der Waals surface area contributed by atoms with Gasteiger partial charge >= 0.3 is 0 Å². The van der Waals surface area contributed by atoms with Crippen molar-refractivity contribution >= 4 is 52.2 Å². The second-order valence-corrected chi connectivity index (χ2v) is 8.55. The van der Waals surface area contributed by atoms with Gasteiger partial charge in [-0.25, -0.2) is 14.4 Å². The molecule has 0 saturated heterocycles. The third kappa shape index (κ3) is 4.59. The molecule has 1 atom stereocenters. The third-order valence-electron chi connectivity index (χ3n) is 4.55. The quantitative estimate of drug-likeness (QED) is 0.345. The normalized spacial score (nSPS) is 18.3. The van der Waals surface area contributed by atoms with E-state index in [1.165, 1.54) is 18.3 Å². The Morgan fingerprint density at radius 2 is 1.84 bits per heavy atom. The molecule has 1 N–H and O–H groups in total. The van der Waals surface area contributed by atoms with E-state index in [0.29, 0.717) is 21.8 Å². The first-order chi connectivity index (χ1) is 14.8. The van der Waals surface area contributed by atoms with Gasteiger partial charge in [-0.05, 0) is 23.8 Å². The van der Waals surface area contributed by atoms with E-state index < -0.39 is 10.9 Å². The second-order valence-electron chi connectivity index (χ2n) is 6.75. The van der Waals surface area contributed by atoms with Gasteiger partial charge < -0.3 is 4.74 Å². The molecule has 1 aliphatic heterocycles. The summed E-state index contributed by atoms with van der Waals surface area (Å²) in [5.74, 6) is 0.285. The van der Waals surface area contributed by atoms with Crippen LogP contribution in [0.1, 0.15) is 16.7 Å². The third-order valence-corrected chi connectivity index (χ3v) is 5.70. The van der Waals surface area contributed by atoms with Crippen molar-refractivity contribution in [3.8, 4) is 5.88 Å². The summed E-state index contributed by atoms with van der Waals surface area (Å²) in [6, 6.07) is 13.4. The zero-order valence-corrected chi connectivity index (χ0v) is 19.1. The van der Waals surface area contributed by atoms with Crippen molar-refractivity contribution in [2.45, 2.75) is 11.7 Å². The van der Waals surface area contributed by atoms with Gasteiger partial charge in [0.15, 0.2) is 0 Å². The molecular formula is C21H15Cl4FN4O. The van der Waals surface area contributed by atoms with Gasteiger partial charge in [0.1, 0.15) is 23.3 Å². The number of amidine groups is 1. The molecule has 4 rings (SSSR count). The van der Waals surface area contributed by atoms with Crippen molar-refractivity contribution in [3.05, 3.63) is 92.3 Å². The van der Waals surface area contributed by atoms with Crippen LogP contribution in [0.4, 0.5) is 4.39 Å². The van der Waals surface area contributed by atoms with E-state index in [2.05, 4.69) is 15.4 Å². The maximum Gasteiger partial charge on any atom is 0.235 e. The fourth-order valence-corrected chi connectivity index (χ4v) is 4.30. The molecule has 160 valence electrons. The summed E-state index contributed by atoms with van der Waals surface area (Å²) in [4.78, 5) is 8.57. The Labute approximate surface area is 198 Å². The number of halogens is 5. The van der Waals surface area contributed by atoms with Gasteiger partial charge in [0.2, 0.25) is 11.0 Å². The summed E-state index contributed by atoms with van der Waals surface area (Å²) >= 11 is 24.7. The molecule has 3 aromatic rings. The molecule has 1 unspecified atom stereocenters. The van der Waals surface area contributed by atoms with E-state index in [1.54, 1.807) is 24.2 Å². The van der Waals surface area contributed by atoms with Gasteiger partial charge in [-0.2, -0.15) is 5.43 Å². The SMILES string of the molecule is CN1NC(Cl)(c2c(F)cccc2Cl)N=C1c1ccc(COc2ncc(Cl)cc2Cl)cc1. The first kappa shape index (κ1) is 22.1. The van der Waals surface area contributed by atoms with E-state index >= 15 is 0 Å². The number of nitrogens with one attached hydrogen (secondary N) is 1. The molecule has 0 amide bonds. The molecule has 1 aliphatic rings. The van der Waals surface area contributed by atoms with Crippen molar-refractivity contribution in [2.24, 2.45) is 4.99 Å². The van der Waals surface area contributed by atoms with Crippen LogP contribution in [0.25, 0.3) is 0 Å². The smallest absolute Gasteiger partial charge is 0.235 e. The summed E-state index contributed by atoms with van der Waals surface area (Å²) in [6.45, 7) is 0.263. The molecule has 10 heteroatoms. The Kier molecular flexibility index (Phi) is 6.28. The first-order valence-electron chi connectivity index (χ1n) is 9.05. The zero-order chi connectivity index (χ0) is 22.2. The average Bonchev–Trinajstić information content (AvgIpc) is 3.02. The van der Waals surface area contributed by atoms with Gasteiger partial charge in [0, 0.05) is 18.8 Å². The number of alkyl halides is 1. The first-order valence-corrected chi connectivity index (χ1v) is 10.6. The molecule has 2 aromatic carbocycles. The standard InChI is InChI=1S/C21H15Cl4FN4O/c1-30-19(28-21(25,29-30)18-15(23)3-2-4-17(18)26)13-7-5-12(6-8-13)11-31-20-16(24)9-14(22)10-27-20/h2-10,29H,11H2,1H3. The number of ether oxygens (including phenoxy) is 1. The maximum absolute atomic E-state index is 14.4. The monoisotopic (exact) mass is 498 g/mol. The molecule has 5 nitrogen and oxygen atoms in total. The summed E-state index contributed by atoms with van der Waals surface area (Å²) < 4.78 is 20.0. The predicted octanol–water partition coefficient (Wildman–Crippen LogP) is 6.01. The van der Waals surface area contributed by atoms with E-state index in [1.807, 2.05) is 24.3 Å². The molecule has 2 heterocycles. The highest BCUT2D eigenvalue weighted by molar-refractivity contribution is 6.35. The van der Waals surface area contributed by atoms with Gasteiger partial charge in [0.05, 0.1) is 15.6 Å². The molecule has 1 aromatic heterocycles.